The van der Waals surface area contributed by atoms with Crippen LogP contribution in [0.1, 0.15) is 50.3 Å². The van der Waals surface area contributed by atoms with Gasteiger partial charge in [-0.05, 0) is 60.7 Å². The van der Waals surface area contributed by atoms with E-state index >= 15 is 0 Å². The third kappa shape index (κ3) is 4.81. The number of aliphatic hydroxyl groups is 1. The molecule has 1 aliphatic rings. The Morgan fingerprint density at radius 2 is 1.68 bits per heavy atom. The standard InChI is InChI=1S/C23H29NO/c1-18(2)24(17-19-8-4-3-5-9-19)15-14-23(25)22-13-12-20-10-6-7-11-21(20)16-22/h3-5,8-13,16,18,23,25H,6-7,14-15,17H2,1-2H3/t23-/m0/s1. The summed E-state index contributed by atoms with van der Waals surface area (Å²) in [6, 6.07) is 17.4. The molecular formula is C23H29NO. The van der Waals surface area contributed by atoms with Gasteiger partial charge in [-0.25, -0.2) is 0 Å². The Bertz CT molecular complexity index is 795. The number of benzene rings is 2. The predicted molar refractivity (Wildman–Crippen MR) is 105 cm³/mol. The quantitative estimate of drug-likeness (QED) is 0.838. The molecule has 2 aromatic rings. The highest BCUT2D eigenvalue weighted by atomic mass is 16.3. The zero-order valence-corrected chi connectivity index (χ0v) is 15.4. The molecule has 0 saturated heterocycles. The van der Waals surface area contributed by atoms with Gasteiger partial charge in [-0.2, -0.15) is 0 Å². The van der Waals surface area contributed by atoms with Crippen LogP contribution in [0.5, 0.6) is 0 Å². The van der Waals surface area contributed by atoms with E-state index in [1.807, 2.05) is 0 Å². The van der Waals surface area contributed by atoms with Crippen LogP contribution in [-0.2, 0) is 6.54 Å². The lowest BCUT2D eigenvalue weighted by Crippen LogP contribution is -2.32. The Balaban J connectivity index is 1.64. The van der Waals surface area contributed by atoms with Crippen LogP contribution < -0.4 is 10.4 Å². The molecule has 0 heterocycles. The molecule has 0 saturated carbocycles. The average molecular weight is 335 g/mol. The molecule has 0 fully saturated rings. The van der Waals surface area contributed by atoms with E-state index in [2.05, 4.69) is 79.4 Å². The summed E-state index contributed by atoms with van der Waals surface area (Å²) >= 11 is 0. The summed E-state index contributed by atoms with van der Waals surface area (Å²) in [5.74, 6) is 0. The fourth-order valence-electron chi connectivity index (χ4n) is 3.43. The molecule has 1 atom stereocenters. The fourth-order valence-corrected chi connectivity index (χ4v) is 3.43. The molecule has 1 N–H and O–H groups in total. The first-order valence-electron chi connectivity index (χ1n) is 9.40. The summed E-state index contributed by atoms with van der Waals surface area (Å²) in [6.45, 7) is 6.26. The number of fused-ring (bicyclic) bond motifs is 1. The highest BCUT2D eigenvalue weighted by Crippen LogP contribution is 2.17. The van der Waals surface area contributed by atoms with E-state index in [1.165, 1.54) is 16.0 Å². The SMILES string of the molecule is CC(C)N(CC[C@H](O)c1ccc2c(c1)=CCCC=2)Cc1ccccc1. The molecule has 2 aromatic carbocycles. The molecule has 0 unspecified atom stereocenters. The molecule has 0 amide bonds. The van der Waals surface area contributed by atoms with Gasteiger partial charge >= 0.3 is 0 Å². The summed E-state index contributed by atoms with van der Waals surface area (Å²) in [5, 5.41) is 13.2. The molecule has 132 valence electrons. The maximum Gasteiger partial charge on any atom is 0.0802 e. The first-order valence-corrected chi connectivity index (χ1v) is 9.40. The molecule has 0 spiro atoms. The lowest BCUT2D eigenvalue weighted by Gasteiger charge is -2.27. The van der Waals surface area contributed by atoms with Crippen molar-refractivity contribution in [2.45, 2.75) is 51.8 Å². The molecule has 25 heavy (non-hydrogen) atoms. The van der Waals surface area contributed by atoms with Gasteiger partial charge in [0.1, 0.15) is 0 Å². The van der Waals surface area contributed by atoms with Crippen LogP contribution in [0.4, 0.5) is 0 Å². The van der Waals surface area contributed by atoms with Crippen LogP contribution in [0.25, 0.3) is 12.2 Å². The van der Waals surface area contributed by atoms with Crippen molar-refractivity contribution in [2.75, 3.05) is 6.54 Å². The number of aliphatic hydroxyl groups excluding tert-OH is 1. The van der Waals surface area contributed by atoms with Gasteiger partial charge in [0.25, 0.3) is 0 Å². The van der Waals surface area contributed by atoms with Crippen molar-refractivity contribution >= 4 is 12.2 Å². The largest absolute Gasteiger partial charge is 0.388 e. The average Bonchev–Trinajstić information content (AvgIpc) is 2.65. The summed E-state index contributed by atoms with van der Waals surface area (Å²) in [7, 11) is 0. The first-order chi connectivity index (χ1) is 12.1. The van der Waals surface area contributed by atoms with E-state index < -0.39 is 6.10 Å². The third-order valence-electron chi connectivity index (χ3n) is 5.04. The van der Waals surface area contributed by atoms with Gasteiger partial charge in [0.05, 0.1) is 6.10 Å². The van der Waals surface area contributed by atoms with Crippen molar-refractivity contribution in [1.29, 1.82) is 0 Å². The summed E-state index contributed by atoms with van der Waals surface area (Å²) < 4.78 is 0. The van der Waals surface area contributed by atoms with E-state index in [0.717, 1.165) is 37.9 Å². The molecule has 1 aliphatic carbocycles. The van der Waals surface area contributed by atoms with Crippen LogP contribution in [0.15, 0.2) is 48.5 Å². The zero-order chi connectivity index (χ0) is 17.6. The molecule has 3 rings (SSSR count). The van der Waals surface area contributed by atoms with E-state index in [9.17, 15) is 5.11 Å². The lowest BCUT2D eigenvalue weighted by molar-refractivity contribution is 0.127. The second-order valence-electron chi connectivity index (χ2n) is 7.23. The van der Waals surface area contributed by atoms with E-state index in [-0.39, 0.29) is 0 Å². The van der Waals surface area contributed by atoms with Crippen molar-refractivity contribution in [3.63, 3.8) is 0 Å². The van der Waals surface area contributed by atoms with E-state index in [1.54, 1.807) is 0 Å². The highest BCUT2D eigenvalue weighted by Gasteiger charge is 2.14. The summed E-state index contributed by atoms with van der Waals surface area (Å²) in [6.07, 6.45) is 7.14. The van der Waals surface area contributed by atoms with E-state index in [0.29, 0.717) is 6.04 Å². The fraction of sp³-hybridized carbons (Fsp3) is 0.391. The number of hydrogen-bond donors (Lipinski definition) is 1. The second-order valence-corrected chi connectivity index (χ2v) is 7.23. The van der Waals surface area contributed by atoms with Gasteiger partial charge in [-0.3, -0.25) is 4.90 Å². The number of nitrogens with zero attached hydrogens (tertiary/aromatic N) is 1. The van der Waals surface area contributed by atoms with Crippen molar-refractivity contribution in [1.82, 2.24) is 4.90 Å². The normalized spacial score (nSPS) is 14.8. The monoisotopic (exact) mass is 335 g/mol. The minimum Gasteiger partial charge on any atom is -0.388 e. The third-order valence-corrected chi connectivity index (χ3v) is 5.04. The van der Waals surface area contributed by atoms with Gasteiger partial charge in [0.2, 0.25) is 0 Å². The Kier molecular flexibility index (Phi) is 6.06. The topological polar surface area (TPSA) is 23.5 Å². The highest BCUT2D eigenvalue weighted by molar-refractivity contribution is 5.39. The summed E-state index contributed by atoms with van der Waals surface area (Å²) in [5.41, 5.74) is 2.36. The number of rotatable bonds is 7. The Labute approximate surface area is 151 Å². The Morgan fingerprint density at radius 3 is 2.40 bits per heavy atom. The molecule has 0 radical (unpaired) electrons. The molecular weight excluding hydrogens is 306 g/mol. The Morgan fingerprint density at radius 1 is 0.960 bits per heavy atom. The Hall–Kier alpha value is -1.90. The molecule has 0 aliphatic heterocycles. The predicted octanol–water partition coefficient (Wildman–Crippen LogP) is 3.38. The zero-order valence-electron chi connectivity index (χ0n) is 15.4. The first kappa shape index (κ1) is 17.9. The molecule has 0 bridgehead atoms. The van der Waals surface area contributed by atoms with Crippen LogP contribution in [-0.4, -0.2) is 22.6 Å². The maximum absolute atomic E-state index is 10.7. The van der Waals surface area contributed by atoms with Gasteiger partial charge in [0, 0.05) is 19.1 Å². The molecule has 0 aromatic heterocycles. The van der Waals surface area contributed by atoms with Crippen molar-refractivity contribution < 1.29 is 5.11 Å². The van der Waals surface area contributed by atoms with Crippen LogP contribution >= 0.6 is 0 Å². The van der Waals surface area contributed by atoms with Crippen molar-refractivity contribution in [3.8, 4) is 0 Å². The van der Waals surface area contributed by atoms with Gasteiger partial charge in [-0.1, -0.05) is 54.6 Å². The second kappa shape index (κ2) is 8.46. The van der Waals surface area contributed by atoms with Crippen LogP contribution in [0.3, 0.4) is 0 Å². The summed E-state index contributed by atoms with van der Waals surface area (Å²) in [4.78, 5) is 2.43. The maximum atomic E-state index is 10.7. The number of hydrogen-bond acceptors (Lipinski definition) is 2. The van der Waals surface area contributed by atoms with Crippen LogP contribution in [0, 0.1) is 0 Å². The van der Waals surface area contributed by atoms with E-state index in [4.69, 9.17) is 0 Å². The van der Waals surface area contributed by atoms with Gasteiger partial charge in [-0.15, -0.1) is 0 Å². The van der Waals surface area contributed by atoms with Gasteiger partial charge < -0.3 is 5.11 Å². The minimum atomic E-state index is -0.405. The van der Waals surface area contributed by atoms with Crippen molar-refractivity contribution in [2.24, 2.45) is 0 Å². The molecule has 2 heteroatoms. The molecule has 2 nitrogen and oxygen atoms in total. The smallest absolute Gasteiger partial charge is 0.0802 e. The van der Waals surface area contributed by atoms with Crippen LogP contribution in [0.2, 0.25) is 0 Å². The van der Waals surface area contributed by atoms with Gasteiger partial charge in [0.15, 0.2) is 0 Å². The minimum absolute atomic E-state index is 0.405. The lowest BCUT2D eigenvalue weighted by atomic mass is 10.0. The van der Waals surface area contributed by atoms with Crippen molar-refractivity contribution in [3.05, 3.63) is 70.1 Å².